The van der Waals surface area contributed by atoms with Crippen LogP contribution in [0.15, 0.2) is 18.2 Å². The second kappa shape index (κ2) is 8.85. The lowest BCUT2D eigenvalue weighted by Gasteiger charge is -2.37. The summed E-state index contributed by atoms with van der Waals surface area (Å²) in [5, 5.41) is 9.32. The minimum absolute atomic E-state index is 0.0285. The molecule has 3 saturated heterocycles. The van der Waals surface area contributed by atoms with Gasteiger partial charge in [0.15, 0.2) is 0 Å². The number of benzene rings is 1. The van der Waals surface area contributed by atoms with Crippen LogP contribution in [0.25, 0.3) is 0 Å². The Balaban J connectivity index is 1.29. The molecular weight excluding hydrogens is 490 g/mol. The van der Waals surface area contributed by atoms with Gasteiger partial charge in [-0.3, -0.25) is 14.5 Å². The predicted octanol–water partition coefficient (Wildman–Crippen LogP) is 4.39. The lowest BCUT2D eigenvalue weighted by molar-refractivity contribution is -0.144. The zero-order valence-electron chi connectivity index (χ0n) is 21.5. The number of carbonyl (C=O) groups is 2. The number of anilines is 1. The second-order valence-corrected chi connectivity index (χ2v) is 12.2. The molecule has 4 atom stereocenters. The van der Waals surface area contributed by atoms with E-state index in [0.717, 1.165) is 11.6 Å². The molecule has 0 bridgehead atoms. The van der Waals surface area contributed by atoms with Gasteiger partial charge in [0.25, 0.3) is 5.91 Å². The Morgan fingerprint density at radius 2 is 1.65 bits per heavy atom. The number of amides is 1. The number of alkyl halides is 4. The van der Waals surface area contributed by atoms with Crippen molar-refractivity contribution in [3.05, 3.63) is 29.3 Å². The quantitative estimate of drug-likeness (QED) is 0.591. The summed E-state index contributed by atoms with van der Waals surface area (Å²) in [5.74, 6) is -1.84. The third-order valence-electron chi connectivity index (χ3n) is 8.95. The molecular formula is C27H35F4N3O3. The van der Waals surface area contributed by atoms with Gasteiger partial charge in [-0.05, 0) is 69.1 Å². The molecule has 1 aromatic rings. The van der Waals surface area contributed by atoms with Crippen LogP contribution in [0.2, 0.25) is 0 Å². The van der Waals surface area contributed by atoms with Crippen LogP contribution in [0.4, 0.5) is 23.2 Å². The van der Waals surface area contributed by atoms with E-state index in [1.807, 2.05) is 30.6 Å². The van der Waals surface area contributed by atoms with E-state index in [4.69, 9.17) is 0 Å². The minimum Gasteiger partial charge on any atom is -0.481 e. The zero-order chi connectivity index (χ0) is 26.9. The van der Waals surface area contributed by atoms with Crippen molar-refractivity contribution < 1.29 is 32.3 Å². The minimum atomic E-state index is -4.48. The van der Waals surface area contributed by atoms with Crippen molar-refractivity contribution >= 4 is 17.6 Å². The number of carboxylic acid groups (broad SMARTS) is 1. The molecule has 0 radical (unpaired) electrons. The molecule has 37 heavy (non-hydrogen) atoms. The summed E-state index contributed by atoms with van der Waals surface area (Å²) in [7, 11) is 0. The van der Waals surface area contributed by atoms with E-state index < -0.39 is 35.2 Å². The first kappa shape index (κ1) is 26.3. The average Bonchev–Trinajstić information content (AvgIpc) is 3.13. The van der Waals surface area contributed by atoms with Crippen LogP contribution in [0.3, 0.4) is 0 Å². The van der Waals surface area contributed by atoms with Crippen molar-refractivity contribution in [2.24, 2.45) is 17.8 Å². The lowest BCUT2D eigenvalue weighted by Crippen LogP contribution is -2.51. The van der Waals surface area contributed by atoms with Gasteiger partial charge in [0, 0.05) is 56.9 Å². The average molecular weight is 526 g/mol. The summed E-state index contributed by atoms with van der Waals surface area (Å²) in [6.45, 7) is 8.19. The molecule has 1 unspecified atom stereocenters. The third kappa shape index (κ3) is 4.81. The Hall–Kier alpha value is -2.36. The molecule has 5 rings (SSSR count). The Morgan fingerprint density at radius 3 is 2.16 bits per heavy atom. The number of piperidine rings is 2. The van der Waals surface area contributed by atoms with Crippen LogP contribution < -0.4 is 4.90 Å². The maximum absolute atomic E-state index is 15.7. The van der Waals surface area contributed by atoms with E-state index in [-0.39, 0.29) is 36.3 Å². The Kier molecular flexibility index (Phi) is 6.28. The first-order valence-corrected chi connectivity index (χ1v) is 13.1. The molecule has 1 amide bonds. The van der Waals surface area contributed by atoms with Gasteiger partial charge in [-0.25, -0.2) is 4.39 Å². The van der Waals surface area contributed by atoms with E-state index >= 15 is 4.39 Å². The highest BCUT2D eigenvalue weighted by molar-refractivity contribution is 5.86. The molecule has 0 spiro atoms. The maximum Gasteiger partial charge on any atom is 0.416 e. The van der Waals surface area contributed by atoms with Crippen LogP contribution >= 0.6 is 0 Å². The summed E-state index contributed by atoms with van der Waals surface area (Å²) < 4.78 is 56.2. The molecule has 4 aliphatic rings. The molecule has 1 saturated carbocycles. The van der Waals surface area contributed by atoms with Gasteiger partial charge in [-0.2, -0.15) is 13.2 Å². The molecule has 1 N–H and O–H groups in total. The van der Waals surface area contributed by atoms with Crippen molar-refractivity contribution in [1.82, 2.24) is 9.80 Å². The van der Waals surface area contributed by atoms with Gasteiger partial charge in [-0.1, -0.05) is 6.07 Å². The van der Waals surface area contributed by atoms with Gasteiger partial charge in [0.1, 0.15) is 0 Å². The van der Waals surface area contributed by atoms with Crippen LogP contribution in [-0.4, -0.2) is 77.3 Å². The van der Waals surface area contributed by atoms with Gasteiger partial charge in [0.05, 0.1) is 11.5 Å². The van der Waals surface area contributed by atoms with Crippen molar-refractivity contribution in [2.45, 2.75) is 63.3 Å². The van der Waals surface area contributed by atoms with Crippen molar-refractivity contribution in [3.63, 3.8) is 0 Å². The largest absolute Gasteiger partial charge is 0.481 e. The van der Waals surface area contributed by atoms with E-state index in [0.29, 0.717) is 51.3 Å². The van der Waals surface area contributed by atoms with Crippen LogP contribution in [0, 0.1) is 17.8 Å². The Bertz CT molecular complexity index is 1070. The fourth-order valence-corrected chi connectivity index (χ4v) is 6.63. The van der Waals surface area contributed by atoms with Gasteiger partial charge >= 0.3 is 12.1 Å². The van der Waals surface area contributed by atoms with E-state index in [1.54, 1.807) is 4.90 Å². The monoisotopic (exact) mass is 525 g/mol. The number of carbonyl (C=O) groups excluding carboxylic acids is 1. The molecule has 10 heteroatoms. The molecule has 4 fully saturated rings. The van der Waals surface area contributed by atoms with Crippen LogP contribution in [-0.2, 0) is 15.8 Å². The molecule has 3 heterocycles. The number of rotatable bonds is 4. The number of likely N-dealkylation sites (tertiary alicyclic amines) is 2. The standard InChI is InChI=1S/C27H35F4N3O3/c1-25(2,3)34-11-8-26(28,15-34)24(37)32-9-6-16(7-10-32)18-5-4-17(27(29,30)31)12-21(18)33-13-19-20(14-33)22(19)23(35)36/h4-5,12,16,19-20,22H,6-11,13-15H2,1-3H3,(H,35,36)/t19-,20+,22?,26-/m1/s1. The normalized spacial score (nSPS) is 31.1. The number of hydrogen-bond acceptors (Lipinski definition) is 4. The van der Waals surface area contributed by atoms with Crippen LogP contribution in [0.5, 0.6) is 0 Å². The predicted molar refractivity (Wildman–Crippen MR) is 130 cm³/mol. The zero-order valence-corrected chi connectivity index (χ0v) is 21.5. The highest BCUT2D eigenvalue weighted by Gasteiger charge is 2.60. The van der Waals surface area contributed by atoms with E-state index in [2.05, 4.69) is 0 Å². The number of aliphatic carboxylic acids is 1. The topological polar surface area (TPSA) is 64.1 Å². The summed E-state index contributed by atoms with van der Waals surface area (Å²) in [5.41, 5.74) is -1.55. The van der Waals surface area contributed by atoms with Crippen LogP contribution in [0.1, 0.15) is 57.1 Å². The number of carboxylic acids is 1. The number of fused-ring (bicyclic) bond motifs is 1. The second-order valence-electron chi connectivity index (χ2n) is 12.2. The molecule has 204 valence electrons. The molecule has 1 aromatic carbocycles. The summed E-state index contributed by atoms with van der Waals surface area (Å²) in [6, 6.07) is 3.82. The molecule has 3 aliphatic heterocycles. The first-order chi connectivity index (χ1) is 17.2. The fourth-order valence-electron chi connectivity index (χ4n) is 6.63. The van der Waals surface area contributed by atoms with Crippen molar-refractivity contribution in [2.75, 3.05) is 44.2 Å². The highest BCUT2D eigenvalue weighted by atomic mass is 19.4. The third-order valence-corrected chi connectivity index (χ3v) is 8.95. The summed E-state index contributed by atoms with van der Waals surface area (Å²) in [4.78, 5) is 30.0. The molecule has 6 nitrogen and oxygen atoms in total. The van der Waals surface area contributed by atoms with E-state index in [1.165, 1.54) is 12.1 Å². The van der Waals surface area contributed by atoms with E-state index in [9.17, 15) is 27.9 Å². The fraction of sp³-hybridized carbons (Fsp3) is 0.704. The number of hydrogen-bond donors (Lipinski definition) is 1. The Morgan fingerprint density at radius 1 is 1.03 bits per heavy atom. The van der Waals surface area contributed by atoms with Crippen molar-refractivity contribution in [1.29, 1.82) is 0 Å². The lowest BCUT2D eigenvalue weighted by atomic mass is 9.86. The van der Waals surface area contributed by atoms with Crippen molar-refractivity contribution in [3.8, 4) is 0 Å². The van der Waals surface area contributed by atoms with Gasteiger partial charge in [0.2, 0.25) is 5.67 Å². The molecule has 1 aliphatic carbocycles. The summed E-state index contributed by atoms with van der Waals surface area (Å²) in [6.07, 6.45) is -3.23. The SMILES string of the molecule is CC(C)(C)N1CC[C@](F)(C(=O)N2CCC(c3ccc(C(F)(F)F)cc3N3C[C@@H]4C(C(=O)O)[C@@H]4C3)CC2)C1. The number of nitrogens with zero attached hydrogens (tertiary/aromatic N) is 3. The highest BCUT2D eigenvalue weighted by Crippen LogP contribution is 2.54. The van der Waals surface area contributed by atoms with Gasteiger partial charge < -0.3 is 14.9 Å². The molecule has 0 aromatic heterocycles. The maximum atomic E-state index is 15.7. The Labute approximate surface area is 214 Å². The number of halogens is 4. The summed E-state index contributed by atoms with van der Waals surface area (Å²) >= 11 is 0. The first-order valence-electron chi connectivity index (χ1n) is 13.1. The van der Waals surface area contributed by atoms with Gasteiger partial charge in [-0.15, -0.1) is 0 Å². The smallest absolute Gasteiger partial charge is 0.416 e.